The van der Waals surface area contributed by atoms with Crippen LogP contribution in [0.3, 0.4) is 0 Å². The largest absolute Gasteiger partial charge is 0.508 e. The van der Waals surface area contributed by atoms with Crippen LogP contribution >= 0.6 is 0 Å². The number of carboxylic acid groups (broad SMARTS) is 1. The number of hydrogen-bond acceptors (Lipinski definition) is 6. The first-order chi connectivity index (χ1) is 16.3. The van der Waals surface area contributed by atoms with Gasteiger partial charge in [0.1, 0.15) is 11.8 Å². The molecule has 0 spiro atoms. The molecule has 0 aliphatic heterocycles. The average Bonchev–Trinajstić information content (AvgIpc) is 2.82. The number of benzene rings is 2. The minimum absolute atomic E-state index is 0.0149. The van der Waals surface area contributed by atoms with Crippen LogP contribution in [0.2, 0.25) is 0 Å². The lowest BCUT2D eigenvalue weighted by molar-refractivity contribution is -0.192. The minimum Gasteiger partial charge on any atom is -0.508 e. The van der Waals surface area contributed by atoms with Crippen molar-refractivity contribution < 1.29 is 37.8 Å². The summed E-state index contributed by atoms with van der Waals surface area (Å²) in [5, 5.41) is 31.1. The Balaban J connectivity index is 0.000000762. The van der Waals surface area contributed by atoms with E-state index in [2.05, 4.69) is 10.6 Å². The van der Waals surface area contributed by atoms with Crippen LogP contribution in [0, 0.1) is 11.3 Å². The zero-order chi connectivity index (χ0) is 26.6. The van der Waals surface area contributed by atoms with Gasteiger partial charge < -0.3 is 26.6 Å². The minimum atomic E-state index is -5.08. The van der Waals surface area contributed by atoms with Crippen LogP contribution < -0.4 is 16.4 Å². The van der Waals surface area contributed by atoms with Crippen LogP contribution in [-0.4, -0.2) is 46.3 Å². The zero-order valence-electron chi connectivity index (χ0n) is 18.7. The van der Waals surface area contributed by atoms with E-state index >= 15 is 0 Å². The summed E-state index contributed by atoms with van der Waals surface area (Å²) < 4.78 is 31.7. The molecule has 2 aromatic carbocycles. The van der Waals surface area contributed by atoms with Gasteiger partial charge in [0.05, 0.1) is 17.7 Å². The number of halogens is 3. The number of nitrogens with two attached hydrogens (primary N) is 1. The molecular formula is C23H25F3N4O5. The van der Waals surface area contributed by atoms with Crippen molar-refractivity contribution >= 4 is 17.8 Å². The van der Waals surface area contributed by atoms with E-state index in [0.29, 0.717) is 24.0 Å². The number of phenols is 1. The Morgan fingerprint density at radius 3 is 2.26 bits per heavy atom. The first-order valence-corrected chi connectivity index (χ1v) is 10.2. The maximum atomic E-state index is 12.2. The molecule has 0 heterocycles. The maximum absolute atomic E-state index is 12.2. The van der Waals surface area contributed by atoms with Crippen LogP contribution in [0.15, 0.2) is 48.5 Å². The van der Waals surface area contributed by atoms with E-state index in [0.717, 1.165) is 5.56 Å². The summed E-state index contributed by atoms with van der Waals surface area (Å²) in [5.74, 6) is -3.58. The summed E-state index contributed by atoms with van der Waals surface area (Å²) in [6, 6.07) is 14.6. The third kappa shape index (κ3) is 10.6. The predicted octanol–water partition coefficient (Wildman–Crippen LogP) is 1.98. The lowest BCUT2D eigenvalue weighted by Gasteiger charge is -2.17. The van der Waals surface area contributed by atoms with Gasteiger partial charge in [-0.15, -0.1) is 0 Å². The maximum Gasteiger partial charge on any atom is 0.490 e. The summed E-state index contributed by atoms with van der Waals surface area (Å²) in [6.07, 6.45) is -3.94. The molecule has 0 aliphatic carbocycles. The summed E-state index contributed by atoms with van der Waals surface area (Å²) in [5.41, 5.74) is 7.82. The van der Waals surface area contributed by atoms with E-state index < -0.39 is 36.0 Å². The molecular weight excluding hydrogens is 469 g/mol. The Bertz CT molecular complexity index is 1060. The van der Waals surface area contributed by atoms with Gasteiger partial charge in [-0.3, -0.25) is 9.59 Å². The number of aryl methyl sites for hydroxylation is 1. The molecule has 0 bridgehead atoms. The number of hydrogen-bond donors (Lipinski definition) is 5. The van der Waals surface area contributed by atoms with E-state index in [9.17, 15) is 27.9 Å². The summed E-state index contributed by atoms with van der Waals surface area (Å²) in [4.78, 5) is 33.3. The predicted molar refractivity (Wildman–Crippen MR) is 119 cm³/mol. The number of alkyl halides is 3. The fourth-order valence-electron chi connectivity index (χ4n) is 2.62. The SMILES string of the molecule is CC(NC(=O)C(N)CCc1ccccc1)C(=O)NCc1cc(C#N)ccc1O.O=C(O)C(F)(F)F. The molecule has 6 N–H and O–H groups in total. The Labute approximate surface area is 199 Å². The van der Waals surface area contributed by atoms with Gasteiger partial charge in [0.15, 0.2) is 0 Å². The molecule has 35 heavy (non-hydrogen) atoms. The van der Waals surface area contributed by atoms with Crippen molar-refractivity contribution in [2.45, 2.75) is 44.6 Å². The lowest BCUT2D eigenvalue weighted by Crippen LogP contribution is -2.50. The Morgan fingerprint density at radius 2 is 1.71 bits per heavy atom. The molecule has 2 unspecified atom stereocenters. The summed E-state index contributed by atoms with van der Waals surface area (Å²) >= 11 is 0. The second-order valence-electron chi connectivity index (χ2n) is 7.34. The van der Waals surface area contributed by atoms with Gasteiger partial charge in [-0.05, 0) is 43.5 Å². The lowest BCUT2D eigenvalue weighted by atomic mass is 10.1. The van der Waals surface area contributed by atoms with E-state index in [1.165, 1.54) is 18.2 Å². The van der Waals surface area contributed by atoms with Gasteiger partial charge in [-0.2, -0.15) is 18.4 Å². The highest BCUT2D eigenvalue weighted by Gasteiger charge is 2.38. The highest BCUT2D eigenvalue weighted by Crippen LogP contribution is 2.18. The van der Waals surface area contributed by atoms with Gasteiger partial charge in [0.25, 0.3) is 0 Å². The van der Waals surface area contributed by atoms with Crippen LogP contribution in [0.1, 0.15) is 30.0 Å². The molecule has 0 saturated heterocycles. The van der Waals surface area contributed by atoms with Crippen LogP contribution in [-0.2, 0) is 27.3 Å². The number of nitriles is 1. The number of rotatable bonds is 8. The van der Waals surface area contributed by atoms with Gasteiger partial charge in [-0.1, -0.05) is 30.3 Å². The molecule has 0 aliphatic rings. The van der Waals surface area contributed by atoms with Gasteiger partial charge in [0.2, 0.25) is 11.8 Å². The fraction of sp³-hybridized carbons (Fsp3) is 0.304. The van der Waals surface area contributed by atoms with Gasteiger partial charge in [-0.25, -0.2) is 4.79 Å². The van der Waals surface area contributed by atoms with Crippen molar-refractivity contribution in [1.82, 2.24) is 10.6 Å². The first kappa shape index (κ1) is 28.9. The van der Waals surface area contributed by atoms with E-state index in [1.54, 1.807) is 6.92 Å². The van der Waals surface area contributed by atoms with Crippen molar-refractivity contribution in [3.63, 3.8) is 0 Å². The molecule has 0 fully saturated rings. The van der Waals surface area contributed by atoms with Crippen molar-refractivity contribution in [2.24, 2.45) is 5.73 Å². The topological polar surface area (TPSA) is 166 Å². The molecule has 9 nitrogen and oxygen atoms in total. The third-order valence-corrected chi connectivity index (χ3v) is 4.58. The fourth-order valence-corrected chi connectivity index (χ4v) is 2.62. The molecule has 0 radical (unpaired) electrons. The smallest absolute Gasteiger partial charge is 0.490 e. The number of aliphatic carboxylic acids is 1. The third-order valence-electron chi connectivity index (χ3n) is 4.58. The molecule has 2 aromatic rings. The number of aromatic hydroxyl groups is 1. The van der Waals surface area contributed by atoms with E-state index in [-0.39, 0.29) is 12.3 Å². The molecule has 2 amide bonds. The molecule has 188 valence electrons. The summed E-state index contributed by atoms with van der Waals surface area (Å²) in [7, 11) is 0. The Hall–Kier alpha value is -4.11. The number of amides is 2. The van der Waals surface area contributed by atoms with Crippen molar-refractivity contribution in [2.75, 3.05) is 0 Å². The first-order valence-electron chi connectivity index (χ1n) is 10.2. The van der Waals surface area contributed by atoms with Crippen molar-refractivity contribution in [3.05, 3.63) is 65.2 Å². The number of nitrogens with zero attached hydrogens (tertiary/aromatic N) is 1. The van der Waals surface area contributed by atoms with Crippen molar-refractivity contribution in [1.29, 1.82) is 5.26 Å². The van der Waals surface area contributed by atoms with Gasteiger partial charge >= 0.3 is 12.1 Å². The number of carbonyl (C=O) groups excluding carboxylic acids is 2. The van der Waals surface area contributed by atoms with Crippen LogP contribution in [0.4, 0.5) is 13.2 Å². The number of nitrogens with one attached hydrogen (secondary N) is 2. The second-order valence-corrected chi connectivity index (χ2v) is 7.34. The number of phenolic OH excluding ortho intramolecular Hbond substituents is 1. The van der Waals surface area contributed by atoms with E-state index in [4.69, 9.17) is 20.9 Å². The zero-order valence-corrected chi connectivity index (χ0v) is 18.7. The molecule has 12 heteroatoms. The van der Waals surface area contributed by atoms with E-state index in [1.807, 2.05) is 36.4 Å². The normalized spacial score (nSPS) is 12.2. The number of carboxylic acids is 1. The van der Waals surface area contributed by atoms with Crippen LogP contribution in [0.5, 0.6) is 5.75 Å². The molecule has 2 rings (SSSR count). The number of carbonyl (C=O) groups is 3. The van der Waals surface area contributed by atoms with Gasteiger partial charge in [0, 0.05) is 12.1 Å². The standard InChI is InChI=1S/C21H24N4O3.C2HF3O2/c1-14(20(27)24-13-17-11-16(12-22)8-10-19(17)26)25-21(28)18(23)9-7-15-5-3-2-4-6-15;3-2(4,5)1(6)7/h2-6,8,10-11,14,18,26H,7,9,13,23H2,1H3,(H,24,27)(H,25,28);(H,6,7). The average molecular weight is 494 g/mol. The monoisotopic (exact) mass is 494 g/mol. The Morgan fingerprint density at radius 1 is 1.11 bits per heavy atom. The summed E-state index contributed by atoms with van der Waals surface area (Å²) in [6.45, 7) is 1.60. The quantitative estimate of drug-likeness (QED) is 0.374. The Kier molecular flexibility index (Phi) is 11.2. The highest BCUT2D eigenvalue weighted by molar-refractivity contribution is 5.89. The van der Waals surface area contributed by atoms with Crippen molar-refractivity contribution in [3.8, 4) is 11.8 Å². The highest BCUT2D eigenvalue weighted by atomic mass is 19.4. The molecule has 0 aromatic heterocycles. The second kappa shape index (κ2) is 13.6. The van der Waals surface area contributed by atoms with Crippen LogP contribution in [0.25, 0.3) is 0 Å². The molecule has 0 saturated carbocycles. The molecule has 2 atom stereocenters.